The van der Waals surface area contributed by atoms with E-state index in [9.17, 15) is 0 Å². The summed E-state index contributed by atoms with van der Waals surface area (Å²) in [5.74, 6) is 0.877. The third-order valence-corrected chi connectivity index (χ3v) is 8.77. The Kier molecular flexibility index (Phi) is 4.75. The Labute approximate surface area is 227 Å². The molecule has 3 nitrogen and oxygen atoms in total. The third kappa shape index (κ3) is 3.18. The van der Waals surface area contributed by atoms with E-state index in [1.807, 2.05) is 41.8 Å². The van der Waals surface area contributed by atoms with Crippen LogP contribution in [0.5, 0.6) is 0 Å². The lowest BCUT2D eigenvalue weighted by atomic mass is 9.96. The van der Waals surface area contributed by atoms with Crippen molar-refractivity contribution in [2.75, 3.05) is 5.32 Å². The van der Waals surface area contributed by atoms with Crippen molar-refractivity contribution in [1.82, 2.24) is 9.38 Å². The van der Waals surface area contributed by atoms with Gasteiger partial charge in [-0.25, -0.2) is 4.98 Å². The number of nitrogens with zero attached hydrogens (tertiary/aromatic N) is 2. The van der Waals surface area contributed by atoms with Gasteiger partial charge in [0.15, 0.2) is 0 Å². The third-order valence-electron chi connectivity index (χ3n) is 7.31. The first-order valence-electron chi connectivity index (χ1n) is 12.5. The van der Waals surface area contributed by atoms with Crippen LogP contribution in [0.4, 0.5) is 11.5 Å². The fraction of sp³-hybridized carbons (Fsp3) is 0. The molecular formula is C33H20ClN3S. The SMILES string of the molecule is Clc1ccccc1Nc1cnc2c3ccccc3c3cc(-c4cccc5sc6ccccc6c45)ccc3n12. The van der Waals surface area contributed by atoms with Gasteiger partial charge >= 0.3 is 0 Å². The summed E-state index contributed by atoms with van der Waals surface area (Å²) in [7, 11) is 0. The maximum Gasteiger partial charge on any atom is 0.146 e. The lowest BCUT2D eigenvalue weighted by Crippen LogP contribution is -1.98. The first-order valence-corrected chi connectivity index (χ1v) is 13.7. The highest BCUT2D eigenvalue weighted by Gasteiger charge is 2.16. The highest BCUT2D eigenvalue weighted by atomic mass is 35.5. The van der Waals surface area contributed by atoms with Crippen LogP contribution in [0.2, 0.25) is 5.02 Å². The average molecular weight is 526 g/mol. The predicted molar refractivity (Wildman–Crippen MR) is 163 cm³/mol. The molecule has 0 amide bonds. The van der Waals surface area contributed by atoms with Gasteiger partial charge in [0.25, 0.3) is 0 Å². The monoisotopic (exact) mass is 525 g/mol. The Morgan fingerprint density at radius 2 is 1.45 bits per heavy atom. The van der Waals surface area contributed by atoms with Gasteiger partial charge in [0.2, 0.25) is 0 Å². The summed E-state index contributed by atoms with van der Waals surface area (Å²) in [5.41, 5.74) is 5.33. The number of anilines is 2. The van der Waals surface area contributed by atoms with Crippen molar-refractivity contribution >= 4 is 81.9 Å². The van der Waals surface area contributed by atoms with Crippen LogP contribution in [0.3, 0.4) is 0 Å². The molecule has 1 N–H and O–H groups in total. The van der Waals surface area contributed by atoms with E-state index in [4.69, 9.17) is 16.6 Å². The van der Waals surface area contributed by atoms with E-state index in [1.165, 1.54) is 42.1 Å². The molecule has 0 saturated heterocycles. The van der Waals surface area contributed by atoms with Gasteiger partial charge in [-0.05, 0) is 52.9 Å². The lowest BCUT2D eigenvalue weighted by Gasteiger charge is -2.14. The minimum atomic E-state index is 0.672. The van der Waals surface area contributed by atoms with Crippen LogP contribution in [0.15, 0.2) is 115 Å². The largest absolute Gasteiger partial charge is 0.339 e. The molecule has 0 unspecified atom stereocenters. The number of pyridine rings is 1. The van der Waals surface area contributed by atoms with Crippen LogP contribution in [0, 0.1) is 0 Å². The summed E-state index contributed by atoms with van der Waals surface area (Å²) in [6, 6.07) is 38.4. The molecule has 5 aromatic carbocycles. The van der Waals surface area contributed by atoms with Crippen molar-refractivity contribution in [1.29, 1.82) is 0 Å². The van der Waals surface area contributed by atoms with Gasteiger partial charge in [-0.3, -0.25) is 4.40 Å². The minimum Gasteiger partial charge on any atom is -0.339 e. The molecule has 0 fully saturated rings. The minimum absolute atomic E-state index is 0.672. The smallest absolute Gasteiger partial charge is 0.146 e. The number of halogens is 1. The molecule has 0 atom stereocenters. The van der Waals surface area contributed by atoms with E-state index in [2.05, 4.69) is 94.6 Å². The Balaban J connectivity index is 1.42. The lowest BCUT2D eigenvalue weighted by molar-refractivity contribution is 1.26. The molecule has 0 saturated carbocycles. The van der Waals surface area contributed by atoms with Gasteiger partial charge in [0.1, 0.15) is 11.5 Å². The van der Waals surface area contributed by atoms with Crippen molar-refractivity contribution < 1.29 is 0 Å². The standard InChI is InChI=1S/C33H20ClN3S/c34-26-12-4-5-13-27(26)36-31-19-35-33-23-9-2-1-8-22(23)25-18-20(16-17-28(25)37(31)33)21-11-7-15-30-32(21)24-10-3-6-14-29(24)38-30/h1-19,36H. The number of thiophene rings is 1. The van der Waals surface area contributed by atoms with E-state index in [-0.39, 0.29) is 0 Å². The molecule has 0 aliphatic carbocycles. The van der Waals surface area contributed by atoms with Crippen LogP contribution in [0.25, 0.3) is 58.6 Å². The fourth-order valence-electron chi connectivity index (χ4n) is 5.62. The molecule has 3 heterocycles. The second-order valence-corrected chi connectivity index (χ2v) is 11.0. The van der Waals surface area contributed by atoms with E-state index in [0.29, 0.717) is 5.02 Å². The molecule has 3 aromatic heterocycles. The topological polar surface area (TPSA) is 29.3 Å². The summed E-state index contributed by atoms with van der Waals surface area (Å²) in [6.07, 6.45) is 1.89. The van der Waals surface area contributed by atoms with Crippen LogP contribution in [-0.2, 0) is 0 Å². The summed E-state index contributed by atoms with van der Waals surface area (Å²) < 4.78 is 4.83. The van der Waals surface area contributed by atoms with Gasteiger partial charge in [-0.2, -0.15) is 0 Å². The molecule has 180 valence electrons. The van der Waals surface area contributed by atoms with Crippen molar-refractivity contribution in [2.45, 2.75) is 0 Å². The number of imidazole rings is 1. The van der Waals surface area contributed by atoms with Gasteiger partial charge in [0, 0.05) is 30.9 Å². The van der Waals surface area contributed by atoms with Gasteiger partial charge in [-0.1, -0.05) is 84.4 Å². The average Bonchev–Trinajstić information content (AvgIpc) is 3.56. The Morgan fingerprint density at radius 3 is 2.34 bits per heavy atom. The number of hydrogen-bond acceptors (Lipinski definition) is 3. The number of nitrogens with one attached hydrogen (secondary N) is 1. The van der Waals surface area contributed by atoms with E-state index in [0.717, 1.165) is 28.1 Å². The van der Waals surface area contributed by atoms with Crippen LogP contribution < -0.4 is 5.32 Å². The Bertz CT molecular complexity index is 2190. The first kappa shape index (κ1) is 21.7. The summed E-state index contributed by atoms with van der Waals surface area (Å²) in [6.45, 7) is 0. The molecule has 0 radical (unpaired) electrons. The zero-order valence-electron chi connectivity index (χ0n) is 20.2. The molecule has 0 aliphatic rings. The quantitative estimate of drug-likeness (QED) is 0.232. The van der Waals surface area contributed by atoms with Gasteiger partial charge in [-0.15, -0.1) is 11.3 Å². The summed E-state index contributed by atoms with van der Waals surface area (Å²) in [4.78, 5) is 4.83. The van der Waals surface area contributed by atoms with Crippen molar-refractivity contribution in [3.8, 4) is 11.1 Å². The first-order chi connectivity index (χ1) is 18.8. The van der Waals surface area contributed by atoms with Gasteiger partial charge in [0.05, 0.1) is 22.4 Å². The van der Waals surface area contributed by atoms with Crippen molar-refractivity contribution in [3.05, 3.63) is 120 Å². The van der Waals surface area contributed by atoms with Crippen LogP contribution >= 0.6 is 22.9 Å². The number of rotatable bonds is 3. The predicted octanol–water partition coefficient (Wildman–Crippen LogP) is 10.1. The molecule has 0 spiro atoms. The normalized spacial score (nSPS) is 11.8. The number of benzene rings is 5. The number of para-hydroxylation sites is 1. The van der Waals surface area contributed by atoms with E-state index in [1.54, 1.807) is 0 Å². The zero-order chi connectivity index (χ0) is 25.2. The number of fused-ring (bicyclic) bond motifs is 9. The number of hydrogen-bond donors (Lipinski definition) is 1. The van der Waals surface area contributed by atoms with Crippen molar-refractivity contribution in [3.63, 3.8) is 0 Å². The Hall–Kier alpha value is -4.38. The molecule has 0 bridgehead atoms. The Morgan fingerprint density at radius 1 is 0.684 bits per heavy atom. The zero-order valence-corrected chi connectivity index (χ0v) is 21.7. The molecular weight excluding hydrogens is 506 g/mol. The van der Waals surface area contributed by atoms with Crippen LogP contribution in [-0.4, -0.2) is 9.38 Å². The second-order valence-electron chi connectivity index (χ2n) is 9.46. The van der Waals surface area contributed by atoms with Crippen LogP contribution in [0.1, 0.15) is 0 Å². The maximum absolute atomic E-state index is 6.48. The van der Waals surface area contributed by atoms with E-state index < -0.39 is 0 Å². The highest BCUT2D eigenvalue weighted by Crippen LogP contribution is 2.41. The fourth-order valence-corrected chi connectivity index (χ4v) is 6.93. The highest BCUT2D eigenvalue weighted by molar-refractivity contribution is 7.25. The maximum atomic E-state index is 6.48. The van der Waals surface area contributed by atoms with Gasteiger partial charge < -0.3 is 5.32 Å². The summed E-state index contributed by atoms with van der Waals surface area (Å²) in [5, 5.41) is 10.3. The molecule has 5 heteroatoms. The number of aromatic nitrogens is 2. The molecule has 0 aliphatic heterocycles. The molecule has 8 rings (SSSR count). The van der Waals surface area contributed by atoms with Crippen molar-refractivity contribution in [2.24, 2.45) is 0 Å². The second kappa shape index (κ2) is 8.32. The molecule has 8 aromatic rings. The molecule has 38 heavy (non-hydrogen) atoms. The van der Waals surface area contributed by atoms with E-state index >= 15 is 0 Å². The summed E-state index contributed by atoms with van der Waals surface area (Å²) >= 11 is 8.33.